The van der Waals surface area contributed by atoms with E-state index in [-0.39, 0.29) is 16.5 Å². The largest absolute Gasteiger partial charge is 0.298 e. The number of rotatable bonds is 4. The molecule has 1 nitrogen and oxygen atoms in total. The van der Waals surface area contributed by atoms with E-state index >= 15 is 0 Å². The third-order valence-electron chi connectivity index (χ3n) is 2.28. The predicted molar refractivity (Wildman–Crippen MR) is 78.1 cm³/mol. The van der Waals surface area contributed by atoms with Crippen molar-refractivity contribution in [3.8, 4) is 0 Å². The normalized spacial score (nSPS) is 12.9. The fourth-order valence-electron chi connectivity index (χ4n) is 1.36. The van der Waals surface area contributed by atoms with Gasteiger partial charge >= 0.3 is 0 Å². The van der Waals surface area contributed by atoms with Crippen molar-refractivity contribution in [1.82, 2.24) is 0 Å². The first-order chi connectivity index (χ1) is 7.41. The first-order valence-electron chi connectivity index (χ1n) is 5.03. The molecule has 0 saturated heterocycles. The molecule has 1 unspecified atom stereocenters. The Morgan fingerprint density at radius 2 is 1.94 bits per heavy atom. The Labute approximate surface area is 121 Å². The molecule has 1 rings (SSSR count). The van der Waals surface area contributed by atoms with Crippen LogP contribution in [0.25, 0.3) is 0 Å². The van der Waals surface area contributed by atoms with Crippen LogP contribution in [0.2, 0.25) is 0 Å². The summed E-state index contributed by atoms with van der Waals surface area (Å²) in [7, 11) is 0. The third kappa shape index (κ3) is 3.97. The summed E-state index contributed by atoms with van der Waals surface area (Å²) in [6.07, 6.45) is 0.705. The van der Waals surface area contributed by atoms with Crippen LogP contribution >= 0.6 is 47.8 Å². The molecule has 88 valence electrons. The molecule has 0 aliphatic heterocycles. The molecule has 0 aliphatic carbocycles. The maximum Gasteiger partial charge on any atom is 0.149 e. The van der Waals surface area contributed by atoms with Crippen LogP contribution in [0.5, 0.6) is 0 Å². The minimum absolute atomic E-state index is 0.0651. The topological polar surface area (TPSA) is 17.1 Å². The van der Waals surface area contributed by atoms with Gasteiger partial charge in [-0.05, 0) is 30.2 Å². The van der Waals surface area contributed by atoms with Crippen molar-refractivity contribution in [1.29, 1.82) is 0 Å². The first-order valence-corrected chi connectivity index (χ1v) is 7.53. The molecule has 4 heteroatoms. The van der Waals surface area contributed by atoms with Gasteiger partial charge in [-0.3, -0.25) is 4.79 Å². The number of halogens is 3. The summed E-state index contributed by atoms with van der Waals surface area (Å²) in [4.78, 5) is 11.7. The van der Waals surface area contributed by atoms with Crippen LogP contribution in [0.15, 0.2) is 27.1 Å². The summed E-state index contributed by atoms with van der Waals surface area (Å²) in [5, 5.41) is 0. The second-order valence-electron chi connectivity index (χ2n) is 3.96. The first kappa shape index (κ1) is 14.4. The maximum atomic E-state index is 11.8. The molecule has 0 spiro atoms. The van der Waals surface area contributed by atoms with Crippen molar-refractivity contribution in [2.75, 3.05) is 0 Å². The fourth-order valence-corrected chi connectivity index (χ4v) is 3.05. The van der Waals surface area contributed by atoms with Crippen LogP contribution in [-0.4, -0.2) is 10.6 Å². The van der Waals surface area contributed by atoms with Gasteiger partial charge in [0, 0.05) is 14.9 Å². The molecule has 1 aromatic rings. The molecule has 1 aromatic carbocycles. The van der Waals surface area contributed by atoms with E-state index in [0.29, 0.717) is 6.42 Å². The maximum absolute atomic E-state index is 11.8. The summed E-state index contributed by atoms with van der Waals surface area (Å²) in [5.41, 5.74) is 1.13. The quantitative estimate of drug-likeness (QED) is 0.652. The lowest BCUT2D eigenvalue weighted by Crippen LogP contribution is -2.21. The molecule has 0 heterocycles. The van der Waals surface area contributed by atoms with Crippen LogP contribution in [0.4, 0.5) is 0 Å². The summed E-state index contributed by atoms with van der Waals surface area (Å²) < 4.78 is 2.07. The third-order valence-corrected chi connectivity index (χ3v) is 4.33. The van der Waals surface area contributed by atoms with Gasteiger partial charge in [0.05, 0.1) is 4.83 Å². The molecule has 0 aromatic heterocycles. The van der Waals surface area contributed by atoms with Gasteiger partial charge in [0.25, 0.3) is 0 Å². The van der Waals surface area contributed by atoms with E-state index < -0.39 is 0 Å². The lowest BCUT2D eigenvalue weighted by Gasteiger charge is -2.12. The van der Waals surface area contributed by atoms with Crippen molar-refractivity contribution in [3.63, 3.8) is 0 Å². The van der Waals surface area contributed by atoms with Crippen LogP contribution in [-0.2, 0) is 11.2 Å². The highest BCUT2D eigenvalue weighted by molar-refractivity contribution is 9.11. The zero-order valence-corrected chi connectivity index (χ0v) is 13.9. The SMILES string of the molecule is CC(C)C(=O)C(Br)Cc1cc(Br)ccc1Br. The average Bonchev–Trinajstić information content (AvgIpc) is 2.22. The van der Waals surface area contributed by atoms with Crippen molar-refractivity contribution < 1.29 is 4.79 Å². The molecule has 16 heavy (non-hydrogen) atoms. The Hall–Kier alpha value is 0.330. The molecular weight excluding hydrogens is 400 g/mol. The Morgan fingerprint density at radius 3 is 2.50 bits per heavy atom. The van der Waals surface area contributed by atoms with E-state index in [1.54, 1.807) is 0 Å². The highest BCUT2D eigenvalue weighted by Crippen LogP contribution is 2.25. The van der Waals surface area contributed by atoms with Gasteiger partial charge < -0.3 is 0 Å². The van der Waals surface area contributed by atoms with Gasteiger partial charge in [0.15, 0.2) is 0 Å². The summed E-state index contributed by atoms with van der Waals surface area (Å²) >= 11 is 10.4. The Balaban J connectivity index is 2.80. The van der Waals surface area contributed by atoms with E-state index in [1.165, 1.54) is 0 Å². The summed E-state index contributed by atoms with van der Waals surface area (Å²) in [6, 6.07) is 5.99. The lowest BCUT2D eigenvalue weighted by molar-refractivity contribution is -0.121. The molecule has 0 fully saturated rings. The molecule has 1 atom stereocenters. The number of hydrogen-bond donors (Lipinski definition) is 0. The number of carbonyl (C=O) groups is 1. The van der Waals surface area contributed by atoms with E-state index in [1.807, 2.05) is 32.0 Å². The fraction of sp³-hybridized carbons (Fsp3) is 0.417. The highest BCUT2D eigenvalue weighted by atomic mass is 79.9. The lowest BCUT2D eigenvalue weighted by atomic mass is 10.0. The number of Topliss-reactive ketones (excluding diaryl/α,β-unsaturated/α-hetero) is 1. The standard InChI is InChI=1S/C12H13Br3O/c1-7(2)12(16)11(15)6-8-5-9(13)3-4-10(8)14/h3-5,7,11H,6H2,1-2H3. The predicted octanol–water partition coefficient (Wildman–Crippen LogP) is 4.74. The molecule has 0 N–H and O–H groups in total. The van der Waals surface area contributed by atoms with E-state index in [4.69, 9.17) is 0 Å². The Kier molecular flexibility index (Phi) is 5.68. The number of benzene rings is 1. The van der Waals surface area contributed by atoms with Gasteiger partial charge in [-0.1, -0.05) is 61.6 Å². The molecule has 0 saturated carbocycles. The van der Waals surface area contributed by atoms with Gasteiger partial charge in [0.2, 0.25) is 0 Å². The van der Waals surface area contributed by atoms with E-state index in [0.717, 1.165) is 14.5 Å². The van der Waals surface area contributed by atoms with Gasteiger partial charge in [-0.15, -0.1) is 0 Å². The second-order valence-corrected chi connectivity index (χ2v) is 6.84. The van der Waals surface area contributed by atoms with Crippen LogP contribution in [0, 0.1) is 5.92 Å². The minimum atomic E-state index is -0.113. The van der Waals surface area contributed by atoms with Crippen molar-refractivity contribution >= 4 is 53.6 Å². The van der Waals surface area contributed by atoms with Gasteiger partial charge in [0.1, 0.15) is 5.78 Å². The van der Waals surface area contributed by atoms with Gasteiger partial charge in [-0.2, -0.15) is 0 Å². The highest BCUT2D eigenvalue weighted by Gasteiger charge is 2.19. The Bertz CT molecular complexity index is 388. The Morgan fingerprint density at radius 1 is 1.31 bits per heavy atom. The van der Waals surface area contributed by atoms with Crippen LogP contribution in [0.3, 0.4) is 0 Å². The van der Waals surface area contributed by atoms with Crippen molar-refractivity contribution in [3.05, 3.63) is 32.7 Å². The number of ketones is 1. The molecule has 0 bridgehead atoms. The van der Waals surface area contributed by atoms with Crippen LogP contribution < -0.4 is 0 Å². The zero-order chi connectivity index (χ0) is 12.3. The minimum Gasteiger partial charge on any atom is -0.298 e. The van der Waals surface area contributed by atoms with Gasteiger partial charge in [-0.25, -0.2) is 0 Å². The average molecular weight is 413 g/mol. The second kappa shape index (κ2) is 6.31. The number of carbonyl (C=O) groups excluding carboxylic acids is 1. The molecule has 0 radical (unpaired) electrons. The summed E-state index contributed by atoms with van der Waals surface area (Å²) in [5.74, 6) is 0.308. The van der Waals surface area contributed by atoms with Crippen molar-refractivity contribution in [2.24, 2.45) is 5.92 Å². The summed E-state index contributed by atoms with van der Waals surface area (Å²) in [6.45, 7) is 3.85. The number of hydrogen-bond acceptors (Lipinski definition) is 1. The van der Waals surface area contributed by atoms with E-state index in [9.17, 15) is 4.79 Å². The van der Waals surface area contributed by atoms with Crippen molar-refractivity contribution in [2.45, 2.75) is 25.1 Å². The molecule has 0 amide bonds. The monoisotopic (exact) mass is 410 g/mol. The smallest absolute Gasteiger partial charge is 0.149 e. The zero-order valence-electron chi connectivity index (χ0n) is 9.14. The van der Waals surface area contributed by atoms with Crippen LogP contribution in [0.1, 0.15) is 19.4 Å². The van der Waals surface area contributed by atoms with E-state index in [2.05, 4.69) is 47.8 Å². The number of alkyl halides is 1. The molecule has 0 aliphatic rings. The molecular formula is C12H13Br3O.